The van der Waals surface area contributed by atoms with Crippen molar-refractivity contribution in [3.8, 4) is 11.5 Å². The number of ether oxygens (including phenoxy) is 2. The molecule has 0 saturated carbocycles. The number of hydrogen-bond donors (Lipinski definition) is 1. The third kappa shape index (κ3) is 2.45. The van der Waals surface area contributed by atoms with Crippen molar-refractivity contribution in [2.24, 2.45) is 0 Å². The minimum Gasteiger partial charge on any atom is -0.493 e. The second kappa shape index (κ2) is 5.53. The fraction of sp³-hybridized carbons (Fsp3) is 0.385. The summed E-state index contributed by atoms with van der Waals surface area (Å²) in [6, 6.07) is 3.34. The average molecular weight is 252 g/mol. The molecule has 0 amide bonds. The molecule has 0 atom stereocenters. The Labute approximate surface area is 105 Å². The van der Waals surface area contributed by atoms with E-state index in [-0.39, 0.29) is 17.2 Å². The van der Waals surface area contributed by atoms with Crippen molar-refractivity contribution < 1.29 is 24.2 Å². The zero-order chi connectivity index (χ0) is 13.9. The maximum atomic E-state index is 11.8. The summed E-state index contributed by atoms with van der Waals surface area (Å²) in [6.45, 7) is 3.75. The second-order valence-corrected chi connectivity index (χ2v) is 4.05. The zero-order valence-corrected chi connectivity index (χ0v) is 10.8. The van der Waals surface area contributed by atoms with Gasteiger partial charge in [-0.1, -0.05) is 19.9 Å². The molecule has 1 aromatic carbocycles. The van der Waals surface area contributed by atoms with Crippen molar-refractivity contribution in [1.29, 1.82) is 0 Å². The lowest BCUT2D eigenvalue weighted by molar-refractivity contribution is -0.131. The lowest BCUT2D eigenvalue weighted by Crippen LogP contribution is -2.17. The molecule has 0 heterocycles. The van der Waals surface area contributed by atoms with E-state index in [0.29, 0.717) is 11.3 Å². The minimum absolute atomic E-state index is 0.00288. The van der Waals surface area contributed by atoms with Gasteiger partial charge in [0.15, 0.2) is 11.5 Å². The summed E-state index contributed by atoms with van der Waals surface area (Å²) in [4.78, 5) is 22.7. The summed E-state index contributed by atoms with van der Waals surface area (Å²) >= 11 is 0. The number of benzene rings is 1. The summed E-state index contributed by atoms with van der Waals surface area (Å²) in [5.74, 6) is -2.00. The van der Waals surface area contributed by atoms with Gasteiger partial charge in [0.25, 0.3) is 5.78 Å². The summed E-state index contributed by atoms with van der Waals surface area (Å²) in [5, 5.41) is 8.88. The Kier molecular flexibility index (Phi) is 4.31. The Morgan fingerprint density at radius 2 is 1.78 bits per heavy atom. The Bertz CT molecular complexity index is 477. The molecule has 0 fully saturated rings. The van der Waals surface area contributed by atoms with Crippen LogP contribution >= 0.6 is 0 Å². The molecule has 1 N–H and O–H groups in total. The van der Waals surface area contributed by atoms with E-state index in [4.69, 9.17) is 14.6 Å². The molecule has 18 heavy (non-hydrogen) atoms. The van der Waals surface area contributed by atoms with Crippen LogP contribution in [0.25, 0.3) is 0 Å². The Morgan fingerprint density at radius 3 is 2.17 bits per heavy atom. The lowest BCUT2D eigenvalue weighted by atomic mass is 9.93. The molecule has 0 bridgehead atoms. The largest absolute Gasteiger partial charge is 0.493 e. The number of Topliss-reactive ketones (excluding diaryl/α,β-unsaturated/α-hetero) is 1. The molecule has 98 valence electrons. The van der Waals surface area contributed by atoms with Crippen molar-refractivity contribution in [2.45, 2.75) is 19.8 Å². The second-order valence-electron chi connectivity index (χ2n) is 4.05. The summed E-state index contributed by atoms with van der Waals surface area (Å²) < 4.78 is 10.2. The maximum Gasteiger partial charge on any atom is 0.377 e. The molecular formula is C13H16O5. The Balaban J connectivity index is 3.58. The fourth-order valence-electron chi connectivity index (χ4n) is 1.76. The van der Waals surface area contributed by atoms with Crippen LogP contribution in [0, 0.1) is 0 Å². The van der Waals surface area contributed by atoms with Crippen LogP contribution in [0.1, 0.15) is 35.7 Å². The highest BCUT2D eigenvalue weighted by atomic mass is 16.5. The van der Waals surface area contributed by atoms with Crippen LogP contribution < -0.4 is 9.47 Å². The van der Waals surface area contributed by atoms with Gasteiger partial charge < -0.3 is 14.6 Å². The highest BCUT2D eigenvalue weighted by Crippen LogP contribution is 2.36. The van der Waals surface area contributed by atoms with Gasteiger partial charge in [-0.05, 0) is 17.5 Å². The molecule has 1 aromatic rings. The predicted octanol–water partition coefficient (Wildman–Crippen LogP) is 2.09. The van der Waals surface area contributed by atoms with Crippen molar-refractivity contribution >= 4 is 11.8 Å². The van der Waals surface area contributed by atoms with Gasteiger partial charge in [-0.25, -0.2) is 4.79 Å². The van der Waals surface area contributed by atoms with Gasteiger partial charge >= 0.3 is 5.97 Å². The first kappa shape index (κ1) is 14.0. The molecule has 0 aliphatic carbocycles. The minimum atomic E-state index is -1.51. The molecule has 5 heteroatoms. The molecule has 5 nitrogen and oxygen atoms in total. The molecule has 0 spiro atoms. The SMILES string of the molecule is COc1ccc(C(C)C)c(C(=O)C(=O)O)c1OC. The van der Waals surface area contributed by atoms with Gasteiger partial charge in [0.1, 0.15) is 0 Å². The van der Waals surface area contributed by atoms with E-state index in [1.807, 2.05) is 13.8 Å². The van der Waals surface area contributed by atoms with E-state index in [1.165, 1.54) is 14.2 Å². The summed E-state index contributed by atoms with van der Waals surface area (Å²) in [5.41, 5.74) is 0.680. The number of methoxy groups -OCH3 is 2. The van der Waals surface area contributed by atoms with E-state index in [1.54, 1.807) is 12.1 Å². The first-order valence-electron chi connectivity index (χ1n) is 5.46. The number of hydrogen-bond acceptors (Lipinski definition) is 4. The number of carboxylic acid groups (broad SMARTS) is 1. The lowest BCUT2D eigenvalue weighted by Gasteiger charge is -2.16. The molecule has 0 unspecified atom stereocenters. The molecule has 0 saturated heterocycles. The summed E-state index contributed by atoms with van der Waals surface area (Å²) in [6.07, 6.45) is 0. The third-order valence-electron chi connectivity index (χ3n) is 2.62. The van der Waals surface area contributed by atoms with E-state index >= 15 is 0 Å². The van der Waals surface area contributed by atoms with Gasteiger partial charge in [0, 0.05) is 0 Å². The third-order valence-corrected chi connectivity index (χ3v) is 2.62. The number of aliphatic carboxylic acids is 1. The number of carboxylic acids is 1. The van der Waals surface area contributed by atoms with E-state index in [0.717, 1.165) is 0 Å². The fourth-order valence-corrected chi connectivity index (χ4v) is 1.76. The highest BCUT2D eigenvalue weighted by molar-refractivity contribution is 6.41. The van der Waals surface area contributed by atoms with Crippen LogP contribution in [0.15, 0.2) is 12.1 Å². The zero-order valence-electron chi connectivity index (χ0n) is 10.8. The van der Waals surface area contributed by atoms with Gasteiger partial charge in [0.2, 0.25) is 0 Å². The van der Waals surface area contributed by atoms with E-state index < -0.39 is 11.8 Å². The average Bonchev–Trinajstić information content (AvgIpc) is 2.35. The van der Waals surface area contributed by atoms with Crippen LogP contribution in [0.5, 0.6) is 11.5 Å². The van der Waals surface area contributed by atoms with E-state index in [9.17, 15) is 9.59 Å². The number of ketones is 1. The Hall–Kier alpha value is -2.04. The first-order chi connectivity index (χ1) is 8.43. The maximum absolute atomic E-state index is 11.8. The van der Waals surface area contributed by atoms with Crippen molar-refractivity contribution in [1.82, 2.24) is 0 Å². The van der Waals surface area contributed by atoms with Crippen LogP contribution in [0.2, 0.25) is 0 Å². The van der Waals surface area contributed by atoms with Crippen molar-refractivity contribution in [3.05, 3.63) is 23.3 Å². The molecule has 0 aliphatic rings. The predicted molar refractivity (Wildman–Crippen MR) is 65.6 cm³/mol. The van der Waals surface area contributed by atoms with Crippen LogP contribution in [-0.2, 0) is 4.79 Å². The normalized spacial score (nSPS) is 10.3. The molecule has 1 rings (SSSR count). The number of carbonyl (C=O) groups is 2. The molecule has 0 aliphatic heterocycles. The number of rotatable bonds is 5. The topological polar surface area (TPSA) is 72.8 Å². The van der Waals surface area contributed by atoms with E-state index in [2.05, 4.69) is 0 Å². The quantitative estimate of drug-likeness (QED) is 0.641. The highest BCUT2D eigenvalue weighted by Gasteiger charge is 2.26. The van der Waals surface area contributed by atoms with Gasteiger partial charge in [-0.3, -0.25) is 4.79 Å². The summed E-state index contributed by atoms with van der Waals surface area (Å²) in [7, 11) is 2.81. The van der Waals surface area contributed by atoms with Gasteiger partial charge in [-0.2, -0.15) is 0 Å². The monoisotopic (exact) mass is 252 g/mol. The standard InChI is InChI=1S/C13H16O5/c1-7(2)8-5-6-9(17-3)12(18-4)10(8)11(14)13(15)16/h5-7H,1-4H3,(H,15,16). The number of carbonyl (C=O) groups excluding carboxylic acids is 1. The van der Waals surface area contributed by atoms with Crippen molar-refractivity contribution in [3.63, 3.8) is 0 Å². The Morgan fingerprint density at radius 1 is 1.17 bits per heavy atom. The molecule has 0 aromatic heterocycles. The van der Waals surface area contributed by atoms with Crippen molar-refractivity contribution in [2.75, 3.05) is 14.2 Å². The molecular weight excluding hydrogens is 236 g/mol. The van der Waals surface area contributed by atoms with Gasteiger partial charge in [0.05, 0.1) is 19.8 Å². The molecule has 0 radical (unpaired) electrons. The van der Waals surface area contributed by atoms with Crippen LogP contribution in [0.3, 0.4) is 0 Å². The van der Waals surface area contributed by atoms with Crippen LogP contribution in [-0.4, -0.2) is 31.1 Å². The smallest absolute Gasteiger partial charge is 0.377 e. The van der Waals surface area contributed by atoms with Gasteiger partial charge in [-0.15, -0.1) is 0 Å². The van der Waals surface area contributed by atoms with Crippen LogP contribution in [0.4, 0.5) is 0 Å². The first-order valence-corrected chi connectivity index (χ1v) is 5.46.